The minimum Gasteiger partial charge on any atom is -0.383 e. The van der Waals surface area contributed by atoms with E-state index in [0.717, 1.165) is 48.5 Å². The molecule has 2 aromatic rings. The van der Waals surface area contributed by atoms with Crippen molar-refractivity contribution in [3.05, 3.63) is 65.5 Å². The number of halogens is 1. The molecule has 1 aliphatic rings. The third-order valence-electron chi connectivity index (χ3n) is 5.86. The molecule has 1 unspecified atom stereocenters. The van der Waals surface area contributed by atoms with E-state index in [1.807, 2.05) is 13.1 Å². The SMILES string of the molecule is CCCSNC1=C(OOC)C(F)=CC(c2cc(-c3ccc(N(CC)CCNC)cc3)cnc2N)C1. The Bertz CT molecular complexity index is 1030. The number of nitrogens with two attached hydrogens (primary N) is 1. The lowest BCUT2D eigenvalue weighted by atomic mass is 9.89. The van der Waals surface area contributed by atoms with E-state index >= 15 is 4.39 Å². The van der Waals surface area contributed by atoms with Crippen LogP contribution >= 0.6 is 11.9 Å². The largest absolute Gasteiger partial charge is 0.383 e. The van der Waals surface area contributed by atoms with Crippen molar-refractivity contribution < 1.29 is 14.2 Å². The van der Waals surface area contributed by atoms with E-state index in [1.54, 1.807) is 6.20 Å². The molecule has 0 fully saturated rings. The predicted molar refractivity (Wildman–Crippen MR) is 143 cm³/mol. The van der Waals surface area contributed by atoms with E-state index in [2.05, 4.69) is 58.0 Å². The van der Waals surface area contributed by atoms with Crippen LogP contribution in [0, 0.1) is 0 Å². The van der Waals surface area contributed by atoms with Crippen LogP contribution in [0.25, 0.3) is 11.1 Å². The van der Waals surface area contributed by atoms with E-state index < -0.39 is 5.83 Å². The van der Waals surface area contributed by atoms with Crippen LogP contribution in [0.3, 0.4) is 0 Å². The number of aromatic nitrogens is 1. The molecule has 1 atom stereocenters. The van der Waals surface area contributed by atoms with Gasteiger partial charge in [0.15, 0.2) is 5.83 Å². The fraction of sp³-hybridized carbons (Fsp3) is 0.423. The van der Waals surface area contributed by atoms with E-state index in [0.29, 0.717) is 17.9 Å². The van der Waals surface area contributed by atoms with Gasteiger partial charge in [-0.05, 0) is 50.2 Å². The van der Waals surface area contributed by atoms with Crippen molar-refractivity contribution in [3.8, 4) is 11.1 Å². The van der Waals surface area contributed by atoms with Gasteiger partial charge in [-0.1, -0.05) is 31.0 Å². The number of nitrogen functional groups attached to an aromatic ring is 1. The summed E-state index contributed by atoms with van der Waals surface area (Å²) in [6.07, 6.45) is 4.77. The summed E-state index contributed by atoms with van der Waals surface area (Å²) in [6.45, 7) is 7.04. The zero-order chi connectivity index (χ0) is 25.2. The first-order valence-corrected chi connectivity index (χ1v) is 13.0. The maximum absolute atomic E-state index is 15.0. The molecule has 4 N–H and O–H groups in total. The number of nitrogens with one attached hydrogen (secondary N) is 2. The first-order chi connectivity index (χ1) is 17.0. The van der Waals surface area contributed by atoms with Crippen LogP contribution in [-0.2, 0) is 9.78 Å². The van der Waals surface area contributed by atoms with Crippen molar-refractivity contribution in [3.63, 3.8) is 0 Å². The monoisotopic (exact) mass is 501 g/mol. The third-order valence-corrected chi connectivity index (χ3v) is 6.86. The molecule has 0 spiro atoms. The van der Waals surface area contributed by atoms with Crippen molar-refractivity contribution in [2.24, 2.45) is 0 Å². The van der Waals surface area contributed by atoms with Crippen LogP contribution in [0.2, 0.25) is 0 Å². The second-order valence-corrected chi connectivity index (χ2v) is 9.16. The molecule has 1 aliphatic carbocycles. The number of hydrogen-bond donors (Lipinski definition) is 3. The molecule has 35 heavy (non-hydrogen) atoms. The van der Waals surface area contributed by atoms with E-state index in [9.17, 15) is 0 Å². The lowest BCUT2D eigenvalue weighted by molar-refractivity contribution is -0.237. The summed E-state index contributed by atoms with van der Waals surface area (Å²) < 4.78 is 18.2. The summed E-state index contributed by atoms with van der Waals surface area (Å²) in [5.41, 5.74) is 10.8. The Labute approximate surface area is 212 Å². The lowest BCUT2D eigenvalue weighted by Crippen LogP contribution is -2.30. The maximum Gasteiger partial charge on any atom is 0.220 e. The number of likely N-dealkylation sites (N-methyl/N-ethyl adjacent to an activating group) is 2. The lowest BCUT2D eigenvalue weighted by Gasteiger charge is -2.25. The molecule has 9 heteroatoms. The average Bonchev–Trinajstić information content (AvgIpc) is 2.87. The summed E-state index contributed by atoms with van der Waals surface area (Å²) in [6, 6.07) is 10.4. The smallest absolute Gasteiger partial charge is 0.220 e. The first-order valence-electron chi connectivity index (χ1n) is 12.0. The molecule has 0 saturated carbocycles. The van der Waals surface area contributed by atoms with Gasteiger partial charge in [-0.3, -0.25) is 0 Å². The Kier molecular flexibility index (Phi) is 10.3. The summed E-state index contributed by atoms with van der Waals surface area (Å²) in [4.78, 5) is 16.6. The van der Waals surface area contributed by atoms with Gasteiger partial charge in [0.1, 0.15) is 5.82 Å². The van der Waals surface area contributed by atoms with Gasteiger partial charge in [-0.25, -0.2) is 9.37 Å². The molecule has 1 aromatic heterocycles. The quantitative estimate of drug-likeness (QED) is 0.150. The van der Waals surface area contributed by atoms with Crippen molar-refractivity contribution in [2.45, 2.75) is 32.6 Å². The molecular formula is C26H36FN5O2S. The topological polar surface area (TPSA) is 84.7 Å². The Morgan fingerprint density at radius 3 is 2.66 bits per heavy atom. The zero-order valence-electron chi connectivity index (χ0n) is 20.9. The van der Waals surface area contributed by atoms with E-state index in [4.69, 9.17) is 15.5 Å². The molecule has 3 rings (SSSR count). The number of anilines is 2. The summed E-state index contributed by atoms with van der Waals surface area (Å²) in [5.74, 6) is 0.579. The molecule has 190 valence electrons. The highest BCUT2D eigenvalue weighted by atomic mass is 32.2. The van der Waals surface area contributed by atoms with Crippen molar-refractivity contribution >= 4 is 23.5 Å². The van der Waals surface area contributed by atoms with Crippen molar-refractivity contribution in [1.29, 1.82) is 0 Å². The van der Waals surface area contributed by atoms with Crippen molar-refractivity contribution in [2.75, 3.05) is 50.2 Å². The summed E-state index contributed by atoms with van der Waals surface area (Å²) in [7, 11) is 3.32. The molecule has 7 nitrogen and oxygen atoms in total. The van der Waals surface area contributed by atoms with Gasteiger partial charge >= 0.3 is 0 Å². The van der Waals surface area contributed by atoms with Crippen LogP contribution < -0.4 is 20.7 Å². The van der Waals surface area contributed by atoms with Gasteiger partial charge < -0.3 is 25.6 Å². The molecule has 1 aromatic carbocycles. The zero-order valence-corrected chi connectivity index (χ0v) is 21.8. The van der Waals surface area contributed by atoms with Gasteiger partial charge in [-0.2, -0.15) is 4.89 Å². The minimum absolute atomic E-state index is 0.0735. The van der Waals surface area contributed by atoms with Crippen LogP contribution in [0.15, 0.2) is 59.9 Å². The predicted octanol–water partition coefficient (Wildman–Crippen LogP) is 5.15. The van der Waals surface area contributed by atoms with Gasteiger partial charge in [0.05, 0.1) is 12.8 Å². The third kappa shape index (κ3) is 6.90. The van der Waals surface area contributed by atoms with Crippen LogP contribution in [0.5, 0.6) is 0 Å². The Morgan fingerprint density at radius 1 is 1.23 bits per heavy atom. The fourth-order valence-electron chi connectivity index (χ4n) is 4.00. The van der Waals surface area contributed by atoms with Crippen LogP contribution in [0.4, 0.5) is 15.9 Å². The molecule has 0 amide bonds. The van der Waals surface area contributed by atoms with Gasteiger partial charge in [0.25, 0.3) is 0 Å². The number of allylic oxidation sites excluding steroid dienone is 3. The molecule has 1 heterocycles. The number of rotatable bonds is 13. The van der Waals surface area contributed by atoms with Gasteiger partial charge in [0.2, 0.25) is 5.76 Å². The second kappa shape index (κ2) is 13.4. The first kappa shape index (κ1) is 26.8. The van der Waals surface area contributed by atoms with Gasteiger partial charge in [-0.15, -0.1) is 0 Å². The highest BCUT2D eigenvalue weighted by Crippen LogP contribution is 2.39. The average molecular weight is 502 g/mol. The Morgan fingerprint density at radius 2 is 2.00 bits per heavy atom. The highest BCUT2D eigenvalue weighted by Gasteiger charge is 2.28. The number of benzene rings is 1. The number of hydrogen-bond acceptors (Lipinski definition) is 8. The van der Waals surface area contributed by atoms with Crippen LogP contribution in [-0.4, -0.2) is 44.5 Å². The summed E-state index contributed by atoms with van der Waals surface area (Å²) in [5, 5.41) is 3.20. The summed E-state index contributed by atoms with van der Waals surface area (Å²) >= 11 is 1.51. The second-order valence-electron chi connectivity index (χ2n) is 8.26. The molecule has 0 radical (unpaired) electrons. The fourth-order valence-corrected chi connectivity index (χ4v) is 4.65. The number of nitrogens with zero attached hydrogens (tertiary/aromatic N) is 2. The number of pyridine rings is 1. The van der Waals surface area contributed by atoms with E-state index in [1.165, 1.54) is 30.8 Å². The van der Waals surface area contributed by atoms with Crippen molar-refractivity contribution in [1.82, 2.24) is 15.0 Å². The molecule has 0 saturated heterocycles. The Balaban J connectivity index is 1.85. The van der Waals surface area contributed by atoms with E-state index in [-0.39, 0.29) is 11.7 Å². The standard InChI is InChI=1S/C26H36FN5O2S/c1-5-13-35-31-24-16-19(15-23(27)25(24)34-33-4)22-14-20(17-30-26(22)28)18-7-9-21(10-8-18)32(6-2)12-11-29-3/h7-10,14-15,17,19,29,31H,5-6,11-13,16H2,1-4H3,(H2,28,30). The van der Waals surface area contributed by atoms with Gasteiger partial charge in [0, 0.05) is 60.7 Å². The molecular weight excluding hydrogens is 465 g/mol. The molecule has 0 bridgehead atoms. The molecule has 0 aliphatic heterocycles. The Hall–Kier alpha value is -2.75. The normalized spacial score (nSPS) is 15.7. The van der Waals surface area contributed by atoms with Crippen LogP contribution in [0.1, 0.15) is 38.2 Å². The highest BCUT2D eigenvalue weighted by molar-refractivity contribution is 7.97. The minimum atomic E-state index is -0.488. The maximum atomic E-state index is 15.0.